The molecule has 1 aromatic rings. The van der Waals surface area contributed by atoms with E-state index in [2.05, 4.69) is 0 Å². The lowest BCUT2D eigenvalue weighted by Crippen LogP contribution is -1.96. The van der Waals surface area contributed by atoms with E-state index in [-0.39, 0.29) is 0 Å². The van der Waals surface area contributed by atoms with Crippen molar-refractivity contribution in [1.82, 2.24) is 0 Å². The summed E-state index contributed by atoms with van der Waals surface area (Å²) in [4.78, 5) is 11.9. The Balaban J connectivity index is 2.50. The van der Waals surface area contributed by atoms with E-state index in [1.807, 2.05) is 0 Å². The fourth-order valence-corrected chi connectivity index (χ4v) is 3.56. The molecule has 1 aliphatic rings. The van der Waals surface area contributed by atoms with Gasteiger partial charge in [-0.3, -0.25) is 0 Å². The van der Waals surface area contributed by atoms with Crippen molar-refractivity contribution in [2.75, 3.05) is 0 Å². The lowest BCUT2D eigenvalue weighted by atomic mass is 10.2. The standard InChI is InChI=1S/C7H6O2S2/c8-7(9)5-2-11-6-3-10-1-4(5)6/h2H,1,3H2,(H,8,9). The highest BCUT2D eigenvalue weighted by Gasteiger charge is 2.20. The molecule has 0 spiro atoms. The second kappa shape index (κ2) is 2.53. The first kappa shape index (κ1) is 7.18. The molecule has 0 atom stereocenters. The van der Waals surface area contributed by atoms with Gasteiger partial charge in [-0.05, 0) is 5.56 Å². The molecule has 2 heterocycles. The number of carboxylic acids is 1. The molecule has 1 N–H and O–H groups in total. The molecule has 1 aromatic heterocycles. The van der Waals surface area contributed by atoms with Gasteiger partial charge < -0.3 is 5.11 Å². The Labute approximate surface area is 72.2 Å². The van der Waals surface area contributed by atoms with Gasteiger partial charge in [0.2, 0.25) is 0 Å². The SMILES string of the molecule is O=C(O)c1csc2c1CSC2. The van der Waals surface area contributed by atoms with Gasteiger partial charge in [0.15, 0.2) is 0 Å². The third-order valence-corrected chi connectivity index (χ3v) is 3.89. The smallest absolute Gasteiger partial charge is 0.336 e. The Bertz CT molecular complexity index is 303. The van der Waals surface area contributed by atoms with E-state index in [1.54, 1.807) is 28.5 Å². The van der Waals surface area contributed by atoms with E-state index in [4.69, 9.17) is 5.11 Å². The molecule has 0 fully saturated rings. The van der Waals surface area contributed by atoms with E-state index < -0.39 is 5.97 Å². The third-order valence-electron chi connectivity index (χ3n) is 1.69. The average molecular weight is 186 g/mol. The number of carbonyl (C=O) groups is 1. The van der Waals surface area contributed by atoms with Crippen molar-refractivity contribution < 1.29 is 9.90 Å². The van der Waals surface area contributed by atoms with Crippen molar-refractivity contribution in [2.24, 2.45) is 0 Å². The highest BCUT2D eigenvalue weighted by molar-refractivity contribution is 7.98. The Hall–Kier alpha value is -0.480. The topological polar surface area (TPSA) is 37.3 Å². The van der Waals surface area contributed by atoms with E-state index in [1.165, 1.54) is 4.88 Å². The minimum Gasteiger partial charge on any atom is -0.478 e. The average Bonchev–Trinajstić information content (AvgIpc) is 2.41. The highest BCUT2D eigenvalue weighted by Crippen LogP contribution is 2.36. The lowest BCUT2D eigenvalue weighted by Gasteiger charge is -1.90. The van der Waals surface area contributed by atoms with E-state index in [9.17, 15) is 4.79 Å². The zero-order chi connectivity index (χ0) is 7.84. The predicted octanol–water partition coefficient (Wildman–Crippen LogP) is 2.19. The molecular formula is C7H6O2S2. The van der Waals surface area contributed by atoms with Gasteiger partial charge in [-0.2, -0.15) is 11.8 Å². The first-order valence-corrected chi connectivity index (χ1v) is 5.23. The minimum atomic E-state index is -0.787. The van der Waals surface area contributed by atoms with E-state index in [0.29, 0.717) is 5.56 Å². The first-order valence-electron chi connectivity index (χ1n) is 3.19. The van der Waals surface area contributed by atoms with Crippen molar-refractivity contribution in [3.8, 4) is 0 Å². The van der Waals surface area contributed by atoms with Crippen LogP contribution >= 0.6 is 23.1 Å². The fourth-order valence-electron chi connectivity index (χ4n) is 1.13. The molecule has 2 rings (SSSR count). The van der Waals surface area contributed by atoms with Gasteiger partial charge in [0.1, 0.15) is 0 Å². The van der Waals surface area contributed by atoms with Gasteiger partial charge in [-0.25, -0.2) is 4.79 Å². The van der Waals surface area contributed by atoms with Crippen LogP contribution in [-0.2, 0) is 11.5 Å². The van der Waals surface area contributed by atoms with Crippen LogP contribution in [0.15, 0.2) is 5.38 Å². The number of thiophene rings is 1. The number of hydrogen-bond acceptors (Lipinski definition) is 3. The predicted molar refractivity (Wildman–Crippen MR) is 46.3 cm³/mol. The normalized spacial score (nSPS) is 14.9. The molecule has 4 heteroatoms. The molecule has 1 aliphatic heterocycles. The summed E-state index contributed by atoms with van der Waals surface area (Å²) in [7, 11) is 0. The molecule has 0 unspecified atom stereocenters. The zero-order valence-electron chi connectivity index (χ0n) is 5.66. The van der Waals surface area contributed by atoms with Crippen molar-refractivity contribution in [3.05, 3.63) is 21.4 Å². The molecular weight excluding hydrogens is 180 g/mol. The summed E-state index contributed by atoms with van der Waals surface area (Å²) in [6, 6.07) is 0. The number of hydrogen-bond donors (Lipinski definition) is 1. The van der Waals surface area contributed by atoms with Gasteiger partial charge in [-0.15, -0.1) is 11.3 Å². The molecule has 0 aromatic carbocycles. The molecule has 2 nitrogen and oxygen atoms in total. The first-order chi connectivity index (χ1) is 5.29. The third kappa shape index (κ3) is 1.06. The minimum absolute atomic E-state index is 0.509. The zero-order valence-corrected chi connectivity index (χ0v) is 7.30. The summed E-state index contributed by atoms with van der Waals surface area (Å²) in [6.45, 7) is 0. The summed E-state index contributed by atoms with van der Waals surface area (Å²) in [5.41, 5.74) is 1.56. The number of aromatic carboxylic acids is 1. The largest absolute Gasteiger partial charge is 0.478 e. The van der Waals surface area contributed by atoms with Crippen LogP contribution in [0.2, 0.25) is 0 Å². The maximum absolute atomic E-state index is 10.6. The van der Waals surface area contributed by atoms with Crippen LogP contribution in [0.25, 0.3) is 0 Å². The summed E-state index contributed by atoms with van der Waals surface area (Å²) < 4.78 is 0. The Kier molecular flexibility index (Phi) is 1.65. The van der Waals surface area contributed by atoms with Gasteiger partial charge in [0.05, 0.1) is 5.56 Å². The molecule has 0 amide bonds. The Morgan fingerprint density at radius 2 is 2.36 bits per heavy atom. The summed E-state index contributed by atoms with van der Waals surface area (Å²) in [6.07, 6.45) is 0. The molecule has 0 radical (unpaired) electrons. The van der Waals surface area contributed by atoms with Crippen molar-refractivity contribution in [3.63, 3.8) is 0 Å². The number of carboxylic acid groups (broad SMARTS) is 1. The second-order valence-corrected chi connectivity index (χ2v) is 4.30. The summed E-state index contributed by atoms with van der Waals surface area (Å²) in [5.74, 6) is 1.08. The van der Waals surface area contributed by atoms with Crippen LogP contribution in [-0.4, -0.2) is 11.1 Å². The Morgan fingerprint density at radius 1 is 1.55 bits per heavy atom. The molecule has 58 valence electrons. The van der Waals surface area contributed by atoms with E-state index in [0.717, 1.165) is 17.1 Å². The van der Waals surface area contributed by atoms with Gasteiger partial charge in [0.25, 0.3) is 0 Å². The fraction of sp³-hybridized carbons (Fsp3) is 0.286. The van der Waals surface area contributed by atoms with Gasteiger partial charge in [-0.1, -0.05) is 0 Å². The van der Waals surface area contributed by atoms with Crippen molar-refractivity contribution in [2.45, 2.75) is 11.5 Å². The van der Waals surface area contributed by atoms with Crippen molar-refractivity contribution in [1.29, 1.82) is 0 Å². The summed E-state index contributed by atoms with van der Waals surface area (Å²) in [5, 5.41) is 10.5. The molecule has 0 bridgehead atoms. The quantitative estimate of drug-likeness (QED) is 0.730. The molecule has 0 saturated heterocycles. The lowest BCUT2D eigenvalue weighted by molar-refractivity contribution is 0.0696. The maximum atomic E-state index is 10.6. The summed E-state index contributed by atoms with van der Waals surface area (Å²) >= 11 is 3.35. The van der Waals surface area contributed by atoms with Crippen LogP contribution in [0.5, 0.6) is 0 Å². The number of thioether (sulfide) groups is 1. The van der Waals surface area contributed by atoms with Gasteiger partial charge in [0, 0.05) is 21.8 Å². The number of fused-ring (bicyclic) bond motifs is 1. The van der Waals surface area contributed by atoms with Crippen molar-refractivity contribution >= 4 is 29.1 Å². The molecule has 11 heavy (non-hydrogen) atoms. The van der Waals surface area contributed by atoms with Crippen LogP contribution in [0.1, 0.15) is 20.8 Å². The molecule has 0 aliphatic carbocycles. The maximum Gasteiger partial charge on any atom is 0.336 e. The van der Waals surface area contributed by atoms with Crippen LogP contribution < -0.4 is 0 Å². The van der Waals surface area contributed by atoms with E-state index >= 15 is 0 Å². The van der Waals surface area contributed by atoms with Gasteiger partial charge >= 0.3 is 5.97 Å². The Morgan fingerprint density at radius 3 is 3.09 bits per heavy atom. The van der Waals surface area contributed by atoms with Crippen LogP contribution in [0, 0.1) is 0 Å². The highest BCUT2D eigenvalue weighted by atomic mass is 32.2. The number of rotatable bonds is 1. The molecule has 0 saturated carbocycles. The monoisotopic (exact) mass is 186 g/mol. The van der Waals surface area contributed by atoms with Crippen LogP contribution in [0.4, 0.5) is 0 Å². The van der Waals surface area contributed by atoms with Crippen LogP contribution in [0.3, 0.4) is 0 Å². The second-order valence-electron chi connectivity index (χ2n) is 2.35.